The summed E-state index contributed by atoms with van der Waals surface area (Å²) in [7, 11) is 1.61. The Morgan fingerprint density at radius 1 is 1.00 bits per heavy atom. The number of para-hydroxylation sites is 1. The van der Waals surface area contributed by atoms with E-state index in [-0.39, 0.29) is 5.91 Å². The molecule has 0 aliphatic rings. The fourth-order valence-electron chi connectivity index (χ4n) is 2.82. The van der Waals surface area contributed by atoms with Crippen molar-refractivity contribution < 1.29 is 9.53 Å². The maximum absolute atomic E-state index is 12.3. The predicted molar refractivity (Wildman–Crippen MR) is 125 cm³/mol. The fraction of sp³-hybridized carbons (Fsp3) is 0.0417. The van der Waals surface area contributed by atoms with Gasteiger partial charge in [-0.25, -0.2) is 10.4 Å². The highest BCUT2D eigenvalue weighted by molar-refractivity contribution is 7.14. The van der Waals surface area contributed by atoms with Crippen molar-refractivity contribution in [1.82, 2.24) is 10.4 Å². The predicted octanol–water partition coefficient (Wildman–Crippen LogP) is 5.33. The van der Waals surface area contributed by atoms with Gasteiger partial charge in [0.25, 0.3) is 5.91 Å². The highest BCUT2D eigenvalue weighted by Gasteiger charge is 2.08. The molecule has 0 bridgehead atoms. The summed E-state index contributed by atoms with van der Waals surface area (Å²) in [5.74, 6) is 0.491. The van der Waals surface area contributed by atoms with E-state index in [0.29, 0.717) is 5.56 Å². The molecule has 0 saturated heterocycles. The smallest absolute Gasteiger partial charge is 0.271 e. The molecule has 1 heterocycles. The number of nitrogens with zero attached hydrogens (tertiary/aromatic N) is 2. The van der Waals surface area contributed by atoms with E-state index in [1.54, 1.807) is 25.5 Å². The number of aromatic nitrogens is 1. The number of ether oxygens (including phenoxy) is 1. The second-order valence-corrected chi connectivity index (χ2v) is 7.44. The van der Waals surface area contributed by atoms with Crippen LogP contribution in [0.15, 0.2) is 89.3 Å². The first-order valence-electron chi connectivity index (χ1n) is 9.57. The molecule has 2 N–H and O–H groups in total. The molecular weight excluding hydrogens is 408 g/mol. The van der Waals surface area contributed by atoms with E-state index in [2.05, 4.69) is 20.8 Å². The average molecular weight is 429 g/mol. The van der Waals surface area contributed by atoms with E-state index in [0.717, 1.165) is 33.4 Å². The molecule has 0 radical (unpaired) electrons. The number of hydrogen-bond acceptors (Lipinski definition) is 6. The topological polar surface area (TPSA) is 75.6 Å². The summed E-state index contributed by atoms with van der Waals surface area (Å²) in [5, 5.41) is 10.1. The van der Waals surface area contributed by atoms with Crippen LogP contribution in [-0.2, 0) is 0 Å². The first kappa shape index (κ1) is 20.3. The molecule has 0 atom stereocenters. The molecule has 154 valence electrons. The highest BCUT2D eigenvalue weighted by atomic mass is 32.1. The van der Waals surface area contributed by atoms with Gasteiger partial charge in [-0.15, -0.1) is 11.3 Å². The largest absolute Gasteiger partial charge is 0.497 e. The van der Waals surface area contributed by atoms with Crippen LogP contribution in [0.5, 0.6) is 5.75 Å². The number of hydrazone groups is 1. The molecular formula is C24H20N4O2S. The number of nitrogens with one attached hydrogen (secondary N) is 2. The summed E-state index contributed by atoms with van der Waals surface area (Å²) < 4.78 is 5.12. The standard InChI is InChI=1S/C24H20N4O2S/c1-30-21-13-7-17(8-14-21)15-25-28-23(29)19-11-9-18(10-12-19)22-16-31-24(27-22)26-20-5-3-2-4-6-20/h2-16H,1H3,(H,26,27)(H,28,29)/b25-15-. The summed E-state index contributed by atoms with van der Waals surface area (Å²) >= 11 is 1.53. The Labute approximate surface area is 184 Å². The van der Waals surface area contributed by atoms with Crippen molar-refractivity contribution >= 4 is 34.3 Å². The molecule has 31 heavy (non-hydrogen) atoms. The average Bonchev–Trinajstić information content (AvgIpc) is 3.28. The minimum absolute atomic E-state index is 0.277. The molecule has 0 spiro atoms. The van der Waals surface area contributed by atoms with E-state index in [1.807, 2.05) is 72.1 Å². The monoisotopic (exact) mass is 428 g/mol. The quantitative estimate of drug-likeness (QED) is 0.308. The van der Waals surface area contributed by atoms with Crippen LogP contribution >= 0.6 is 11.3 Å². The Kier molecular flexibility index (Phi) is 6.35. The maximum atomic E-state index is 12.3. The van der Waals surface area contributed by atoms with E-state index in [4.69, 9.17) is 4.74 Å². The molecule has 1 aromatic heterocycles. The molecule has 0 aliphatic carbocycles. The van der Waals surface area contributed by atoms with Gasteiger partial charge < -0.3 is 10.1 Å². The number of rotatable bonds is 7. The maximum Gasteiger partial charge on any atom is 0.271 e. The zero-order chi connectivity index (χ0) is 21.5. The van der Waals surface area contributed by atoms with Gasteiger partial charge in [0, 0.05) is 22.2 Å². The molecule has 0 unspecified atom stereocenters. The van der Waals surface area contributed by atoms with Crippen molar-refractivity contribution in [1.29, 1.82) is 0 Å². The van der Waals surface area contributed by atoms with Gasteiger partial charge in [0.2, 0.25) is 0 Å². The van der Waals surface area contributed by atoms with Gasteiger partial charge >= 0.3 is 0 Å². The van der Waals surface area contributed by atoms with Crippen molar-refractivity contribution in [3.8, 4) is 17.0 Å². The Balaban J connectivity index is 1.36. The van der Waals surface area contributed by atoms with Crippen LogP contribution in [0.4, 0.5) is 10.8 Å². The van der Waals surface area contributed by atoms with Gasteiger partial charge in [0.15, 0.2) is 5.13 Å². The summed E-state index contributed by atoms with van der Waals surface area (Å²) in [6, 6.07) is 24.6. The molecule has 6 nitrogen and oxygen atoms in total. The number of anilines is 2. The SMILES string of the molecule is COc1ccc(/C=N\NC(=O)c2ccc(-c3csc(Nc4ccccc4)n3)cc2)cc1. The third kappa shape index (κ3) is 5.34. The van der Waals surface area contributed by atoms with Gasteiger partial charge in [-0.2, -0.15) is 5.10 Å². The lowest BCUT2D eigenvalue weighted by molar-refractivity contribution is 0.0955. The number of amides is 1. The molecule has 1 amide bonds. The molecule has 0 fully saturated rings. The van der Waals surface area contributed by atoms with Crippen molar-refractivity contribution in [3.05, 3.63) is 95.4 Å². The summed E-state index contributed by atoms with van der Waals surface area (Å²) in [4.78, 5) is 16.9. The second-order valence-electron chi connectivity index (χ2n) is 6.58. The van der Waals surface area contributed by atoms with Gasteiger partial charge in [-0.3, -0.25) is 4.79 Å². The lowest BCUT2D eigenvalue weighted by atomic mass is 10.1. The van der Waals surface area contributed by atoms with E-state index >= 15 is 0 Å². The van der Waals surface area contributed by atoms with Crippen LogP contribution < -0.4 is 15.5 Å². The van der Waals surface area contributed by atoms with Crippen molar-refractivity contribution in [2.24, 2.45) is 5.10 Å². The molecule has 4 aromatic rings. The van der Waals surface area contributed by atoms with Crippen LogP contribution in [0.25, 0.3) is 11.3 Å². The number of hydrogen-bond donors (Lipinski definition) is 2. The minimum atomic E-state index is -0.277. The number of thiazole rings is 1. The lowest BCUT2D eigenvalue weighted by Crippen LogP contribution is -2.17. The zero-order valence-electron chi connectivity index (χ0n) is 16.8. The number of carbonyl (C=O) groups excluding carboxylic acids is 1. The molecule has 0 aliphatic heterocycles. The van der Waals surface area contributed by atoms with Gasteiger partial charge in [0.1, 0.15) is 5.75 Å². The van der Waals surface area contributed by atoms with Crippen LogP contribution in [0.3, 0.4) is 0 Å². The van der Waals surface area contributed by atoms with Crippen molar-refractivity contribution in [3.63, 3.8) is 0 Å². The first-order valence-corrected chi connectivity index (χ1v) is 10.4. The molecule has 3 aromatic carbocycles. The minimum Gasteiger partial charge on any atom is -0.497 e. The van der Waals surface area contributed by atoms with E-state index in [1.165, 1.54) is 11.3 Å². The van der Waals surface area contributed by atoms with Crippen LogP contribution in [0, 0.1) is 0 Å². The van der Waals surface area contributed by atoms with Gasteiger partial charge in [-0.05, 0) is 54.1 Å². The number of carbonyl (C=O) groups is 1. The normalized spacial score (nSPS) is 10.7. The number of benzene rings is 3. The first-order chi connectivity index (χ1) is 15.2. The summed E-state index contributed by atoms with van der Waals surface area (Å²) in [5.41, 5.74) is 6.71. The Morgan fingerprint density at radius 2 is 1.74 bits per heavy atom. The summed E-state index contributed by atoms with van der Waals surface area (Å²) in [6.07, 6.45) is 1.59. The van der Waals surface area contributed by atoms with Gasteiger partial charge in [0.05, 0.1) is 19.0 Å². The Hall–Kier alpha value is -3.97. The van der Waals surface area contributed by atoms with Crippen molar-refractivity contribution in [2.45, 2.75) is 0 Å². The highest BCUT2D eigenvalue weighted by Crippen LogP contribution is 2.27. The summed E-state index contributed by atoms with van der Waals surface area (Å²) in [6.45, 7) is 0. The van der Waals surface area contributed by atoms with E-state index < -0.39 is 0 Å². The number of methoxy groups -OCH3 is 1. The Bertz CT molecular complexity index is 1170. The molecule has 4 rings (SSSR count). The zero-order valence-corrected chi connectivity index (χ0v) is 17.6. The van der Waals surface area contributed by atoms with Crippen LogP contribution in [0.1, 0.15) is 15.9 Å². The molecule has 7 heteroatoms. The lowest BCUT2D eigenvalue weighted by Gasteiger charge is -2.03. The fourth-order valence-corrected chi connectivity index (χ4v) is 3.56. The van der Waals surface area contributed by atoms with Crippen LogP contribution in [0.2, 0.25) is 0 Å². The van der Waals surface area contributed by atoms with Crippen LogP contribution in [-0.4, -0.2) is 24.2 Å². The molecule has 0 saturated carbocycles. The third-order valence-electron chi connectivity index (χ3n) is 4.47. The van der Waals surface area contributed by atoms with E-state index in [9.17, 15) is 4.79 Å². The van der Waals surface area contributed by atoms with Crippen molar-refractivity contribution in [2.75, 3.05) is 12.4 Å². The Morgan fingerprint density at radius 3 is 2.45 bits per heavy atom. The third-order valence-corrected chi connectivity index (χ3v) is 5.23. The second kappa shape index (κ2) is 9.69. The van der Waals surface area contributed by atoms with Gasteiger partial charge in [-0.1, -0.05) is 30.3 Å².